The molecule has 1 aromatic rings. The number of halogens is 2. The van der Waals surface area contributed by atoms with Crippen molar-refractivity contribution in [2.45, 2.75) is 18.2 Å². The van der Waals surface area contributed by atoms with E-state index in [-0.39, 0.29) is 27.6 Å². The lowest BCUT2D eigenvalue weighted by Crippen LogP contribution is -2.38. The molecule has 0 atom stereocenters. The van der Waals surface area contributed by atoms with Gasteiger partial charge in [-0.2, -0.15) is 0 Å². The number of nitro benzene ring substituents is 1. The molecule has 5 nitrogen and oxygen atoms in total. The summed E-state index contributed by atoms with van der Waals surface area (Å²) < 4.78 is 0. The summed E-state index contributed by atoms with van der Waals surface area (Å²) in [7, 11) is 0. The third-order valence-electron chi connectivity index (χ3n) is 3.05. The van der Waals surface area contributed by atoms with Crippen LogP contribution >= 0.6 is 23.2 Å². The highest BCUT2D eigenvalue weighted by Crippen LogP contribution is 2.23. The van der Waals surface area contributed by atoms with Gasteiger partial charge in [0.05, 0.1) is 4.92 Å². The summed E-state index contributed by atoms with van der Waals surface area (Å²) in [5.41, 5.74) is 0.0651. The number of piperidine rings is 1. The first-order valence-electron chi connectivity index (χ1n) is 5.85. The molecule has 1 fully saturated rings. The van der Waals surface area contributed by atoms with Crippen molar-refractivity contribution in [3.05, 3.63) is 38.9 Å². The number of nitro groups is 1. The molecule has 0 bridgehead atoms. The maximum atomic E-state index is 12.2. The third kappa shape index (κ3) is 3.36. The number of amides is 1. The summed E-state index contributed by atoms with van der Waals surface area (Å²) in [5.74, 6) is -0.242. The highest BCUT2D eigenvalue weighted by Gasteiger charge is 2.24. The summed E-state index contributed by atoms with van der Waals surface area (Å²) >= 11 is 11.8. The number of alkyl halides is 1. The van der Waals surface area contributed by atoms with Crippen LogP contribution in [0.15, 0.2) is 18.2 Å². The molecule has 0 aliphatic carbocycles. The lowest BCUT2D eigenvalue weighted by Gasteiger charge is -2.29. The number of rotatable bonds is 2. The van der Waals surface area contributed by atoms with E-state index in [0.29, 0.717) is 13.1 Å². The third-order valence-corrected chi connectivity index (χ3v) is 3.71. The van der Waals surface area contributed by atoms with Crippen LogP contribution in [0, 0.1) is 10.1 Å². The molecule has 7 heteroatoms. The zero-order valence-corrected chi connectivity index (χ0v) is 11.5. The fourth-order valence-corrected chi connectivity index (χ4v) is 2.46. The van der Waals surface area contributed by atoms with Crippen LogP contribution in [0.25, 0.3) is 0 Å². The normalized spacial score (nSPS) is 16.4. The van der Waals surface area contributed by atoms with E-state index in [1.807, 2.05) is 0 Å². The number of non-ortho nitro benzene ring substituents is 1. The van der Waals surface area contributed by atoms with Crippen molar-refractivity contribution >= 4 is 34.8 Å². The van der Waals surface area contributed by atoms with Crippen LogP contribution in [0.1, 0.15) is 23.2 Å². The van der Waals surface area contributed by atoms with Gasteiger partial charge in [-0.3, -0.25) is 14.9 Å². The predicted octanol–water partition coefficient (Wildman–Crippen LogP) is 3.09. The van der Waals surface area contributed by atoms with Gasteiger partial charge < -0.3 is 4.90 Å². The molecule has 0 radical (unpaired) electrons. The Kier molecular flexibility index (Phi) is 4.27. The molecule has 1 aliphatic heterocycles. The molecular formula is C12H12Cl2N2O3. The molecular weight excluding hydrogens is 291 g/mol. The predicted molar refractivity (Wildman–Crippen MR) is 72.9 cm³/mol. The fraction of sp³-hybridized carbons (Fsp3) is 0.417. The molecule has 0 unspecified atom stereocenters. The molecule has 0 aromatic heterocycles. The molecule has 102 valence electrons. The first kappa shape index (κ1) is 14.1. The number of nitrogens with zero attached hydrogens (tertiary/aromatic N) is 2. The van der Waals surface area contributed by atoms with Crippen molar-refractivity contribution in [1.82, 2.24) is 4.90 Å². The summed E-state index contributed by atoms with van der Waals surface area (Å²) in [6.45, 7) is 1.13. The van der Waals surface area contributed by atoms with Gasteiger partial charge >= 0.3 is 0 Å². The molecule has 1 amide bonds. The fourth-order valence-electron chi connectivity index (χ4n) is 2.04. The number of likely N-dealkylation sites (tertiary alicyclic amines) is 1. The van der Waals surface area contributed by atoms with E-state index in [9.17, 15) is 14.9 Å². The van der Waals surface area contributed by atoms with Gasteiger partial charge in [0.15, 0.2) is 0 Å². The number of carbonyl (C=O) groups is 1. The van der Waals surface area contributed by atoms with Gasteiger partial charge in [0.2, 0.25) is 0 Å². The van der Waals surface area contributed by atoms with Gasteiger partial charge in [0.1, 0.15) is 0 Å². The molecule has 0 spiro atoms. The van der Waals surface area contributed by atoms with Crippen molar-refractivity contribution < 1.29 is 9.72 Å². The van der Waals surface area contributed by atoms with Crippen LogP contribution in [-0.2, 0) is 0 Å². The standard InChI is InChI=1S/C12H12Cl2N2O3/c13-9-1-3-15(4-2-9)12(17)8-5-10(14)7-11(6-8)16(18)19/h5-7,9H,1-4H2. The Morgan fingerprint density at radius 2 is 1.95 bits per heavy atom. The summed E-state index contributed by atoms with van der Waals surface area (Å²) in [6, 6.07) is 3.92. The Labute approximate surface area is 120 Å². The topological polar surface area (TPSA) is 63.4 Å². The minimum atomic E-state index is -0.562. The van der Waals surface area contributed by atoms with Crippen LogP contribution in [0.5, 0.6) is 0 Å². The molecule has 1 heterocycles. The Morgan fingerprint density at radius 3 is 2.53 bits per heavy atom. The van der Waals surface area contributed by atoms with Crippen LogP contribution in [0.2, 0.25) is 5.02 Å². The number of benzene rings is 1. The summed E-state index contributed by atoms with van der Waals surface area (Å²) in [4.78, 5) is 24.1. The summed E-state index contributed by atoms with van der Waals surface area (Å²) in [5, 5.41) is 11.0. The molecule has 1 saturated heterocycles. The number of carbonyl (C=O) groups excluding carboxylic acids is 1. The largest absolute Gasteiger partial charge is 0.339 e. The zero-order chi connectivity index (χ0) is 14.0. The maximum Gasteiger partial charge on any atom is 0.271 e. The van der Waals surface area contributed by atoms with Gasteiger partial charge in [0, 0.05) is 41.2 Å². The minimum Gasteiger partial charge on any atom is -0.339 e. The van der Waals surface area contributed by atoms with Crippen molar-refractivity contribution in [2.24, 2.45) is 0 Å². The molecule has 0 saturated carbocycles. The van der Waals surface area contributed by atoms with E-state index in [1.54, 1.807) is 4.90 Å². The van der Waals surface area contributed by atoms with Crippen LogP contribution in [0.4, 0.5) is 5.69 Å². The maximum absolute atomic E-state index is 12.2. The van der Waals surface area contributed by atoms with E-state index in [4.69, 9.17) is 23.2 Å². The van der Waals surface area contributed by atoms with Gasteiger partial charge in [-0.1, -0.05) is 11.6 Å². The first-order valence-corrected chi connectivity index (χ1v) is 6.67. The second-order valence-electron chi connectivity index (χ2n) is 4.42. The zero-order valence-electron chi connectivity index (χ0n) is 10.0. The Hall–Kier alpha value is -1.33. The Bertz CT molecular complexity index is 514. The second-order valence-corrected chi connectivity index (χ2v) is 5.48. The van der Waals surface area contributed by atoms with Crippen molar-refractivity contribution in [3.63, 3.8) is 0 Å². The highest BCUT2D eigenvalue weighted by molar-refractivity contribution is 6.31. The van der Waals surface area contributed by atoms with Gasteiger partial charge in [0.25, 0.3) is 11.6 Å². The molecule has 19 heavy (non-hydrogen) atoms. The lowest BCUT2D eigenvalue weighted by atomic mass is 10.1. The van der Waals surface area contributed by atoms with E-state index < -0.39 is 4.92 Å². The second kappa shape index (κ2) is 5.75. The van der Waals surface area contributed by atoms with Crippen molar-refractivity contribution in [2.75, 3.05) is 13.1 Å². The Morgan fingerprint density at radius 1 is 1.32 bits per heavy atom. The molecule has 1 aromatic carbocycles. The minimum absolute atomic E-state index is 0.0951. The van der Waals surface area contributed by atoms with E-state index in [0.717, 1.165) is 12.8 Å². The Balaban J connectivity index is 2.21. The lowest BCUT2D eigenvalue weighted by molar-refractivity contribution is -0.384. The van der Waals surface area contributed by atoms with Crippen LogP contribution in [-0.4, -0.2) is 34.2 Å². The number of hydrogen-bond acceptors (Lipinski definition) is 3. The SMILES string of the molecule is O=C(c1cc(Cl)cc([N+](=O)[O-])c1)N1CCC(Cl)CC1. The highest BCUT2D eigenvalue weighted by atomic mass is 35.5. The first-order chi connectivity index (χ1) is 8.97. The monoisotopic (exact) mass is 302 g/mol. The van der Waals surface area contributed by atoms with Gasteiger partial charge in [-0.25, -0.2) is 0 Å². The van der Waals surface area contributed by atoms with Crippen LogP contribution < -0.4 is 0 Å². The number of hydrogen-bond donors (Lipinski definition) is 0. The average Bonchev–Trinajstić information content (AvgIpc) is 2.38. The van der Waals surface area contributed by atoms with Crippen molar-refractivity contribution in [1.29, 1.82) is 0 Å². The molecule has 2 rings (SSSR count). The molecule has 0 N–H and O–H groups in total. The van der Waals surface area contributed by atoms with Gasteiger partial charge in [-0.15, -0.1) is 11.6 Å². The quantitative estimate of drug-likeness (QED) is 0.479. The van der Waals surface area contributed by atoms with Gasteiger partial charge in [-0.05, 0) is 18.9 Å². The van der Waals surface area contributed by atoms with E-state index in [2.05, 4.69) is 0 Å². The van der Waals surface area contributed by atoms with E-state index in [1.165, 1.54) is 18.2 Å². The van der Waals surface area contributed by atoms with Crippen molar-refractivity contribution in [3.8, 4) is 0 Å². The van der Waals surface area contributed by atoms with Crippen LogP contribution in [0.3, 0.4) is 0 Å². The summed E-state index contributed by atoms with van der Waals surface area (Å²) in [6.07, 6.45) is 1.46. The van der Waals surface area contributed by atoms with E-state index >= 15 is 0 Å². The average molecular weight is 303 g/mol. The smallest absolute Gasteiger partial charge is 0.271 e. The molecule has 1 aliphatic rings.